The third-order valence-corrected chi connectivity index (χ3v) is 2.49. The van der Waals surface area contributed by atoms with Crippen molar-refractivity contribution in [3.05, 3.63) is 0 Å². The monoisotopic (exact) mass is 228 g/mol. The first kappa shape index (κ1) is 13.0. The van der Waals surface area contributed by atoms with Crippen molar-refractivity contribution in [2.45, 2.75) is 32.7 Å². The van der Waals surface area contributed by atoms with Crippen molar-refractivity contribution in [3.8, 4) is 0 Å². The van der Waals surface area contributed by atoms with E-state index in [-0.39, 0.29) is 18.4 Å². The number of amides is 1. The van der Waals surface area contributed by atoms with Gasteiger partial charge in [-0.1, -0.05) is 0 Å². The van der Waals surface area contributed by atoms with Crippen LogP contribution in [0.1, 0.15) is 26.7 Å². The van der Waals surface area contributed by atoms with E-state index in [0.29, 0.717) is 12.5 Å². The van der Waals surface area contributed by atoms with Gasteiger partial charge in [-0.2, -0.15) is 0 Å². The second kappa shape index (κ2) is 6.48. The Labute approximate surface area is 95.9 Å². The molecule has 2 N–H and O–H groups in total. The van der Waals surface area contributed by atoms with Crippen LogP contribution in [-0.2, 0) is 14.3 Å². The first-order valence-electron chi connectivity index (χ1n) is 5.80. The molecule has 1 saturated carbocycles. The van der Waals surface area contributed by atoms with Crippen LogP contribution in [0, 0.1) is 5.92 Å². The maximum Gasteiger partial charge on any atom is 0.322 e. The molecule has 0 aliphatic heterocycles. The number of rotatable bonds is 7. The van der Waals surface area contributed by atoms with Crippen molar-refractivity contribution in [1.82, 2.24) is 10.6 Å². The highest BCUT2D eigenvalue weighted by Crippen LogP contribution is 2.27. The molecule has 5 heteroatoms. The zero-order valence-electron chi connectivity index (χ0n) is 9.91. The van der Waals surface area contributed by atoms with Gasteiger partial charge in [0.15, 0.2) is 0 Å². The van der Waals surface area contributed by atoms with Crippen LogP contribution in [0.2, 0.25) is 0 Å². The third kappa shape index (κ3) is 5.11. The van der Waals surface area contributed by atoms with Crippen LogP contribution in [0.15, 0.2) is 0 Å². The van der Waals surface area contributed by atoms with E-state index in [9.17, 15) is 9.59 Å². The lowest BCUT2D eigenvalue weighted by atomic mass is 10.3. The lowest BCUT2D eigenvalue weighted by molar-refractivity contribution is -0.145. The highest BCUT2D eigenvalue weighted by atomic mass is 16.5. The molecule has 0 aromatic rings. The van der Waals surface area contributed by atoms with Crippen molar-refractivity contribution in [2.75, 3.05) is 19.7 Å². The van der Waals surface area contributed by atoms with Gasteiger partial charge in [0.1, 0.15) is 6.04 Å². The molecule has 0 saturated heterocycles. The number of hydrogen-bond donors (Lipinski definition) is 2. The van der Waals surface area contributed by atoms with Gasteiger partial charge in [0, 0.05) is 6.54 Å². The molecule has 1 aliphatic carbocycles. The molecule has 92 valence electrons. The molecule has 0 bridgehead atoms. The molecule has 1 atom stereocenters. The summed E-state index contributed by atoms with van der Waals surface area (Å²) in [5.74, 6) is 0.284. The Morgan fingerprint density at radius 1 is 1.44 bits per heavy atom. The van der Waals surface area contributed by atoms with E-state index in [4.69, 9.17) is 4.74 Å². The van der Waals surface area contributed by atoms with E-state index in [1.807, 2.05) is 0 Å². The standard InChI is InChI=1S/C11H20N2O3/c1-3-16-11(15)8(2)12-7-10(14)13-6-9-4-5-9/h8-9,12H,3-7H2,1-2H3,(H,13,14). The highest BCUT2D eigenvalue weighted by molar-refractivity contribution is 5.80. The second-order valence-electron chi connectivity index (χ2n) is 4.10. The van der Waals surface area contributed by atoms with Crippen molar-refractivity contribution < 1.29 is 14.3 Å². The zero-order chi connectivity index (χ0) is 12.0. The minimum atomic E-state index is -0.438. The van der Waals surface area contributed by atoms with E-state index in [1.165, 1.54) is 12.8 Å². The predicted molar refractivity (Wildman–Crippen MR) is 59.8 cm³/mol. The van der Waals surface area contributed by atoms with E-state index in [1.54, 1.807) is 13.8 Å². The molecule has 1 unspecified atom stereocenters. The van der Waals surface area contributed by atoms with E-state index in [2.05, 4.69) is 10.6 Å². The SMILES string of the molecule is CCOC(=O)C(C)NCC(=O)NCC1CC1. The van der Waals surface area contributed by atoms with Crippen LogP contribution in [0.4, 0.5) is 0 Å². The minimum Gasteiger partial charge on any atom is -0.465 e. The van der Waals surface area contributed by atoms with Gasteiger partial charge in [0.05, 0.1) is 13.2 Å². The summed E-state index contributed by atoms with van der Waals surface area (Å²) in [6, 6.07) is -0.438. The van der Waals surface area contributed by atoms with Gasteiger partial charge in [-0.15, -0.1) is 0 Å². The molecule has 0 radical (unpaired) electrons. The van der Waals surface area contributed by atoms with Gasteiger partial charge < -0.3 is 10.1 Å². The Morgan fingerprint density at radius 3 is 2.69 bits per heavy atom. The lowest BCUT2D eigenvalue weighted by Crippen LogP contribution is -2.42. The van der Waals surface area contributed by atoms with Crippen LogP contribution < -0.4 is 10.6 Å². The number of carbonyl (C=O) groups excluding carboxylic acids is 2. The molecule has 1 fully saturated rings. The van der Waals surface area contributed by atoms with Crippen molar-refractivity contribution >= 4 is 11.9 Å². The van der Waals surface area contributed by atoms with Crippen molar-refractivity contribution in [2.24, 2.45) is 5.92 Å². The Morgan fingerprint density at radius 2 is 2.12 bits per heavy atom. The fraction of sp³-hybridized carbons (Fsp3) is 0.818. The lowest BCUT2D eigenvalue weighted by Gasteiger charge is -2.12. The zero-order valence-corrected chi connectivity index (χ0v) is 9.91. The summed E-state index contributed by atoms with van der Waals surface area (Å²) in [6.07, 6.45) is 2.43. The quantitative estimate of drug-likeness (QED) is 0.604. The van der Waals surface area contributed by atoms with Gasteiger partial charge >= 0.3 is 5.97 Å². The fourth-order valence-corrected chi connectivity index (χ4v) is 1.24. The molecule has 5 nitrogen and oxygen atoms in total. The van der Waals surface area contributed by atoms with Crippen LogP contribution >= 0.6 is 0 Å². The number of esters is 1. The number of ether oxygens (including phenoxy) is 1. The molecule has 0 heterocycles. The van der Waals surface area contributed by atoms with E-state index >= 15 is 0 Å². The highest BCUT2D eigenvalue weighted by Gasteiger charge is 2.21. The fourth-order valence-electron chi connectivity index (χ4n) is 1.24. The smallest absolute Gasteiger partial charge is 0.322 e. The molecule has 16 heavy (non-hydrogen) atoms. The molecule has 1 rings (SSSR count). The number of hydrogen-bond acceptors (Lipinski definition) is 4. The maximum atomic E-state index is 11.3. The average molecular weight is 228 g/mol. The van der Waals surface area contributed by atoms with Crippen LogP contribution in [-0.4, -0.2) is 37.6 Å². The van der Waals surface area contributed by atoms with Gasteiger partial charge in [0.2, 0.25) is 5.91 Å². The average Bonchev–Trinajstić information content (AvgIpc) is 3.07. The number of nitrogens with one attached hydrogen (secondary N) is 2. The summed E-state index contributed by atoms with van der Waals surface area (Å²) in [4.78, 5) is 22.5. The molecule has 1 amide bonds. The molecule has 0 aromatic heterocycles. The van der Waals surface area contributed by atoms with Gasteiger partial charge in [0.25, 0.3) is 0 Å². The Kier molecular flexibility index (Phi) is 5.25. The molecule has 0 aromatic carbocycles. The molecular weight excluding hydrogens is 208 g/mol. The maximum absolute atomic E-state index is 11.3. The van der Waals surface area contributed by atoms with E-state index < -0.39 is 6.04 Å². The predicted octanol–water partition coefficient (Wildman–Crippen LogP) is 0.0538. The summed E-state index contributed by atoms with van der Waals surface area (Å²) in [5.41, 5.74) is 0. The molecular formula is C11H20N2O3. The van der Waals surface area contributed by atoms with Gasteiger partial charge in [-0.05, 0) is 32.6 Å². The summed E-state index contributed by atoms with van der Waals surface area (Å²) >= 11 is 0. The van der Waals surface area contributed by atoms with Crippen molar-refractivity contribution in [1.29, 1.82) is 0 Å². The third-order valence-electron chi connectivity index (χ3n) is 2.49. The summed E-state index contributed by atoms with van der Waals surface area (Å²) in [5, 5.41) is 5.64. The number of carbonyl (C=O) groups is 2. The van der Waals surface area contributed by atoms with E-state index in [0.717, 1.165) is 6.54 Å². The second-order valence-corrected chi connectivity index (χ2v) is 4.10. The van der Waals surface area contributed by atoms with Gasteiger partial charge in [-0.25, -0.2) is 0 Å². The first-order chi connectivity index (χ1) is 7.63. The Bertz CT molecular complexity index is 252. The summed E-state index contributed by atoms with van der Waals surface area (Å²) < 4.78 is 4.81. The van der Waals surface area contributed by atoms with Crippen LogP contribution in [0.3, 0.4) is 0 Å². The summed E-state index contributed by atoms with van der Waals surface area (Å²) in [7, 11) is 0. The summed E-state index contributed by atoms with van der Waals surface area (Å²) in [6.45, 7) is 4.72. The first-order valence-corrected chi connectivity index (χ1v) is 5.80. The largest absolute Gasteiger partial charge is 0.465 e. The Hall–Kier alpha value is -1.10. The Balaban J connectivity index is 2.07. The topological polar surface area (TPSA) is 67.4 Å². The van der Waals surface area contributed by atoms with Crippen LogP contribution in [0.25, 0.3) is 0 Å². The minimum absolute atomic E-state index is 0.0666. The molecule has 1 aliphatic rings. The van der Waals surface area contributed by atoms with Crippen molar-refractivity contribution in [3.63, 3.8) is 0 Å². The van der Waals surface area contributed by atoms with Gasteiger partial charge in [-0.3, -0.25) is 14.9 Å². The normalized spacial score (nSPS) is 16.6. The van der Waals surface area contributed by atoms with Crippen LogP contribution in [0.5, 0.6) is 0 Å². The molecule has 0 spiro atoms.